The fraction of sp³-hybridized carbons (Fsp3) is 0.278. The lowest BCUT2D eigenvalue weighted by molar-refractivity contribution is 0.102. The van der Waals surface area contributed by atoms with E-state index < -0.39 is 0 Å². The van der Waals surface area contributed by atoms with E-state index in [-0.39, 0.29) is 17.1 Å². The highest BCUT2D eigenvalue weighted by molar-refractivity contribution is 7.11. The first-order valence-electron chi connectivity index (χ1n) is 8.54. The van der Waals surface area contributed by atoms with Crippen LogP contribution in [0.3, 0.4) is 0 Å². The standard InChI is InChI=1S/C18H17FN6OS/c19-13-3-1-6-20-14(13)18(4-2-5-18)11-24-17-22-9-12(10-23-17)25-15(26)16-21-7-8-27-16/h1,3,6-10H,2,4-5,11H2,(H,25,26)(H,22,23,24). The molecule has 9 heteroatoms. The lowest BCUT2D eigenvalue weighted by Gasteiger charge is -2.41. The van der Waals surface area contributed by atoms with Gasteiger partial charge < -0.3 is 10.6 Å². The molecule has 0 aromatic carbocycles. The van der Waals surface area contributed by atoms with Crippen molar-refractivity contribution in [2.45, 2.75) is 24.7 Å². The fourth-order valence-electron chi connectivity index (χ4n) is 3.13. The molecule has 0 unspecified atom stereocenters. The minimum atomic E-state index is -0.327. The molecule has 1 amide bonds. The van der Waals surface area contributed by atoms with Gasteiger partial charge in [-0.3, -0.25) is 9.78 Å². The number of anilines is 2. The first kappa shape index (κ1) is 17.5. The molecule has 0 bridgehead atoms. The van der Waals surface area contributed by atoms with Crippen molar-refractivity contribution in [2.24, 2.45) is 0 Å². The van der Waals surface area contributed by atoms with Crippen LogP contribution >= 0.6 is 11.3 Å². The van der Waals surface area contributed by atoms with Crippen molar-refractivity contribution in [3.8, 4) is 0 Å². The van der Waals surface area contributed by atoms with E-state index in [9.17, 15) is 9.18 Å². The van der Waals surface area contributed by atoms with Crippen LogP contribution < -0.4 is 10.6 Å². The largest absolute Gasteiger partial charge is 0.353 e. The average molecular weight is 384 g/mol. The monoisotopic (exact) mass is 384 g/mol. The molecule has 7 nitrogen and oxygen atoms in total. The number of nitrogens with zero attached hydrogens (tertiary/aromatic N) is 4. The third-order valence-electron chi connectivity index (χ3n) is 4.69. The molecule has 2 N–H and O–H groups in total. The van der Waals surface area contributed by atoms with E-state index >= 15 is 0 Å². The lowest BCUT2D eigenvalue weighted by Crippen LogP contribution is -2.42. The number of carbonyl (C=O) groups is 1. The van der Waals surface area contributed by atoms with Gasteiger partial charge in [0, 0.05) is 29.7 Å². The smallest absolute Gasteiger partial charge is 0.284 e. The Morgan fingerprint density at radius 2 is 2.00 bits per heavy atom. The summed E-state index contributed by atoms with van der Waals surface area (Å²) in [6.07, 6.45) is 9.02. The number of hydrogen-bond acceptors (Lipinski definition) is 7. The van der Waals surface area contributed by atoms with E-state index in [4.69, 9.17) is 0 Å². The van der Waals surface area contributed by atoms with Gasteiger partial charge in [0.05, 0.1) is 23.8 Å². The molecule has 3 aromatic rings. The second kappa shape index (κ2) is 7.36. The molecule has 27 heavy (non-hydrogen) atoms. The van der Waals surface area contributed by atoms with Crippen LogP contribution in [0.5, 0.6) is 0 Å². The van der Waals surface area contributed by atoms with E-state index in [0.717, 1.165) is 19.3 Å². The van der Waals surface area contributed by atoms with Crippen molar-refractivity contribution in [1.29, 1.82) is 0 Å². The van der Waals surface area contributed by atoms with Crippen LogP contribution in [0.15, 0.2) is 42.3 Å². The van der Waals surface area contributed by atoms with Crippen LogP contribution in [-0.4, -0.2) is 32.4 Å². The van der Waals surface area contributed by atoms with Crippen LogP contribution in [0, 0.1) is 5.82 Å². The molecule has 0 spiro atoms. The molecule has 0 radical (unpaired) electrons. The second-order valence-electron chi connectivity index (χ2n) is 6.41. The van der Waals surface area contributed by atoms with E-state index in [1.165, 1.54) is 29.8 Å². The summed E-state index contributed by atoms with van der Waals surface area (Å²) in [5, 5.41) is 7.98. The summed E-state index contributed by atoms with van der Waals surface area (Å²) >= 11 is 1.26. The summed E-state index contributed by atoms with van der Waals surface area (Å²) < 4.78 is 14.2. The number of aromatic nitrogens is 4. The van der Waals surface area contributed by atoms with Crippen LogP contribution in [-0.2, 0) is 5.41 Å². The van der Waals surface area contributed by atoms with Gasteiger partial charge in [-0.1, -0.05) is 6.42 Å². The lowest BCUT2D eigenvalue weighted by atomic mass is 9.66. The predicted molar refractivity (Wildman–Crippen MR) is 100 cm³/mol. The number of amides is 1. The summed E-state index contributed by atoms with van der Waals surface area (Å²) in [5.74, 6) is -0.154. The van der Waals surface area contributed by atoms with Gasteiger partial charge in [0.1, 0.15) is 5.82 Å². The summed E-state index contributed by atoms with van der Waals surface area (Å²) in [5.41, 5.74) is 0.651. The van der Waals surface area contributed by atoms with Crippen LogP contribution in [0.4, 0.5) is 16.0 Å². The van der Waals surface area contributed by atoms with Crippen molar-refractivity contribution in [3.63, 3.8) is 0 Å². The van der Waals surface area contributed by atoms with Gasteiger partial charge >= 0.3 is 0 Å². The first-order chi connectivity index (χ1) is 13.2. The van der Waals surface area contributed by atoms with Gasteiger partial charge in [0.15, 0.2) is 5.01 Å². The molecule has 3 heterocycles. The molecule has 1 aliphatic rings. The molecule has 0 saturated heterocycles. The summed E-state index contributed by atoms with van der Waals surface area (Å²) in [6, 6.07) is 3.04. The third kappa shape index (κ3) is 3.63. The summed E-state index contributed by atoms with van der Waals surface area (Å²) in [7, 11) is 0. The molecule has 0 aliphatic heterocycles. The number of pyridine rings is 1. The van der Waals surface area contributed by atoms with Gasteiger partial charge in [-0.2, -0.15) is 0 Å². The Bertz CT molecular complexity index is 927. The zero-order valence-electron chi connectivity index (χ0n) is 14.4. The number of halogens is 1. The highest BCUT2D eigenvalue weighted by atomic mass is 32.1. The maximum absolute atomic E-state index is 14.2. The van der Waals surface area contributed by atoms with Gasteiger partial charge in [-0.05, 0) is 25.0 Å². The highest BCUT2D eigenvalue weighted by Gasteiger charge is 2.41. The minimum absolute atomic E-state index is 0.278. The Labute approximate surface area is 159 Å². The number of rotatable bonds is 6. The van der Waals surface area contributed by atoms with Gasteiger partial charge in [0.2, 0.25) is 5.95 Å². The summed E-state index contributed by atoms with van der Waals surface area (Å²) in [4.78, 5) is 28.6. The van der Waals surface area contributed by atoms with E-state index in [1.807, 2.05) is 0 Å². The zero-order valence-corrected chi connectivity index (χ0v) is 15.2. The minimum Gasteiger partial charge on any atom is -0.353 e. The molecule has 138 valence electrons. The molecule has 4 rings (SSSR count). The number of thiazole rings is 1. The van der Waals surface area contributed by atoms with Gasteiger partial charge in [-0.25, -0.2) is 19.3 Å². The van der Waals surface area contributed by atoms with Crippen molar-refractivity contribution in [1.82, 2.24) is 19.9 Å². The van der Waals surface area contributed by atoms with Crippen molar-refractivity contribution in [3.05, 3.63) is 58.8 Å². The Hall–Kier alpha value is -2.94. The topological polar surface area (TPSA) is 92.7 Å². The maximum atomic E-state index is 14.2. The number of nitrogens with one attached hydrogen (secondary N) is 2. The molecule has 3 aromatic heterocycles. The van der Waals surface area contributed by atoms with E-state index in [0.29, 0.717) is 28.9 Å². The zero-order chi connectivity index (χ0) is 18.7. The molecule has 0 atom stereocenters. The Morgan fingerprint density at radius 1 is 1.19 bits per heavy atom. The predicted octanol–water partition coefficient (Wildman–Crippen LogP) is 3.25. The van der Waals surface area contributed by atoms with Crippen LogP contribution in [0.2, 0.25) is 0 Å². The Balaban J connectivity index is 1.40. The summed E-state index contributed by atoms with van der Waals surface area (Å²) in [6.45, 7) is 0.506. The Kier molecular flexibility index (Phi) is 4.76. The molecule has 1 aliphatic carbocycles. The molecular formula is C18H17FN6OS. The maximum Gasteiger partial charge on any atom is 0.284 e. The van der Waals surface area contributed by atoms with Crippen molar-refractivity contribution >= 4 is 28.9 Å². The highest BCUT2D eigenvalue weighted by Crippen LogP contribution is 2.43. The average Bonchev–Trinajstić information content (AvgIpc) is 3.18. The normalized spacial score (nSPS) is 15.0. The molecular weight excluding hydrogens is 367 g/mol. The van der Waals surface area contributed by atoms with Crippen LogP contribution in [0.1, 0.15) is 34.8 Å². The Morgan fingerprint density at radius 3 is 2.63 bits per heavy atom. The van der Waals surface area contributed by atoms with Gasteiger partial charge in [0.25, 0.3) is 5.91 Å². The second-order valence-corrected chi connectivity index (χ2v) is 7.30. The number of carbonyl (C=O) groups excluding carboxylic acids is 1. The fourth-order valence-corrected chi connectivity index (χ4v) is 3.66. The van der Waals surface area contributed by atoms with Crippen LogP contribution in [0.25, 0.3) is 0 Å². The van der Waals surface area contributed by atoms with Crippen molar-refractivity contribution < 1.29 is 9.18 Å². The van der Waals surface area contributed by atoms with Crippen molar-refractivity contribution in [2.75, 3.05) is 17.2 Å². The first-order valence-corrected chi connectivity index (χ1v) is 9.42. The molecule has 1 fully saturated rings. The number of hydrogen-bond donors (Lipinski definition) is 2. The van der Waals surface area contributed by atoms with E-state index in [2.05, 4.69) is 30.6 Å². The third-order valence-corrected chi connectivity index (χ3v) is 5.46. The molecule has 1 saturated carbocycles. The van der Waals surface area contributed by atoms with E-state index in [1.54, 1.807) is 23.8 Å². The van der Waals surface area contributed by atoms with Gasteiger partial charge in [-0.15, -0.1) is 11.3 Å². The quantitative estimate of drug-likeness (QED) is 0.678. The SMILES string of the molecule is O=C(Nc1cnc(NCC2(c3ncccc3F)CCC2)nc1)c1nccs1.